The number of rotatable bonds is 3. The number of carbonyl (C=O) groups excluding carboxylic acids is 1. The maximum absolute atomic E-state index is 11.6. The number of fused-ring (bicyclic) bond motifs is 1. The van der Waals surface area contributed by atoms with E-state index < -0.39 is 0 Å². The topological polar surface area (TPSA) is 51.5 Å². The second-order valence-electron chi connectivity index (χ2n) is 5.07. The van der Waals surface area contributed by atoms with Crippen molar-refractivity contribution in [1.82, 2.24) is 0 Å². The van der Waals surface area contributed by atoms with Gasteiger partial charge in [0.25, 0.3) is 0 Å². The third-order valence-corrected chi connectivity index (χ3v) is 4.10. The smallest absolute Gasteiger partial charge is 0.337 e. The second-order valence-corrected chi connectivity index (χ2v) is 5.48. The van der Waals surface area contributed by atoms with Crippen LogP contribution < -0.4 is 5.32 Å². The summed E-state index contributed by atoms with van der Waals surface area (Å²) in [6, 6.07) is 7.23. The fourth-order valence-corrected chi connectivity index (χ4v) is 2.88. The lowest BCUT2D eigenvalue weighted by molar-refractivity contribution is 0.0601. The highest BCUT2D eigenvalue weighted by Crippen LogP contribution is 2.35. The van der Waals surface area contributed by atoms with Crippen LogP contribution in [0, 0.1) is 0 Å². The Hall–Kier alpha value is -1.94. The number of hydrogen-bond donors (Lipinski definition) is 1. The minimum atomic E-state index is -0.373. The molecule has 1 aliphatic rings. The average molecular weight is 306 g/mol. The van der Waals surface area contributed by atoms with Crippen LogP contribution in [-0.2, 0) is 11.2 Å². The lowest BCUT2D eigenvalue weighted by atomic mass is 9.93. The maximum atomic E-state index is 11.6. The summed E-state index contributed by atoms with van der Waals surface area (Å²) in [5.74, 6) is 0.654. The van der Waals surface area contributed by atoms with Crippen LogP contribution in [0.5, 0.6) is 0 Å². The highest BCUT2D eigenvalue weighted by Gasteiger charge is 2.23. The van der Waals surface area contributed by atoms with Crippen molar-refractivity contribution >= 4 is 23.3 Å². The minimum Gasteiger partial charge on any atom is -0.469 e. The number of nitrogens with one attached hydrogen (secondary N) is 1. The molecule has 0 radical (unpaired) electrons. The first-order valence-electron chi connectivity index (χ1n) is 6.89. The van der Waals surface area contributed by atoms with Gasteiger partial charge in [-0.1, -0.05) is 11.6 Å². The third kappa shape index (κ3) is 2.76. The van der Waals surface area contributed by atoms with Crippen molar-refractivity contribution in [2.24, 2.45) is 0 Å². The molecule has 0 fully saturated rings. The number of methoxy groups -OCH3 is 1. The molecular formula is C16H16ClNO3. The first kappa shape index (κ1) is 14.0. The van der Waals surface area contributed by atoms with Crippen LogP contribution in [0.1, 0.15) is 40.6 Å². The summed E-state index contributed by atoms with van der Waals surface area (Å²) in [6.07, 6.45) is 4.76. The Balaban J connectivity index is 1.87. The quantitative estimate of drug-likeness (QED) is 0.863. The van der Waals surface area contributed by atoms with Crippen molar-refractivity contribution in [3.8, 4) is 0 Å². The van der Waals surface area contributed by atoms with Crippen LogP contribution >= 0.6 is 11.6 Å². The molecule has 1 aliphatic carbocycles. The maximum Gasteiger partial charge on any atom is 0.337 e. The molecule has 0 bridgehead atoms. The van der Waals surface area contributed by atoms with Gasteiger partial charge in [0, 0.05) is 12.0 Å². The summed E-state index contributed by atoms with van der Waals surface area (Å²) in [7, 11) is 1.36. The van der Waals surface area contributed by atoms with Crippen molar-refractivity contribution < 1.29 is 13.9 Å². The van der Waals surface area contributed by atoms with E-state index in [0.29, 0.717) is 10.6 Å². The summed E-state index contributed by atoms with van der Waals surface area (Å²) in [5.41, 5.74) is 2.38. The predicted molar refractivity (Wildman–Crippen MR) is 80.8 cm³/mol. The van der Waals surface area contributed by atoms with E-state index in [1.54, 1.807) is 24.5 Å². The number of benzene rings is 1. The molecule has 3 rings (SSSR count). The summed E-state index contributed by atoms with van der Waals surface area (Å²) in [4.78, 5) is 11.6. The lowest BCUT2D eigenvalue weighted by Crippen LogP contribution is -2.16. The Bertz CT molecular complexity index is 665. The Morgan fingerprint density at radius 3 is 3.10 bits per heavy atom. The van der Waals surface area contributed by atoms with E-state index in [2.05, 4.69) is 5.32 Å². The molecule has 0 saturated carbocycles. The zero-order valence-electron chi connectivity index (χ0n) is 11.7. The van der Waals surface area contributed by atoms with Crippen molar-refractivity contribution in [2.45, 2.75) is 25.3 Å². The van der Waals surface area contributed by atoms with E-state index in [9.17, 15) is 4.79 Å². The van der Waals surface area contributed by atoms with Gasteiger partial charge in [-0.25, -0.2) is 4.79 Å². The first-order valence-corrected chi connectivity index (χ1v) is 7.27. The van der Waals surface area contributed by atoms with Crippen LogP contribution in [-0.4, -0.2) is 13.1 Å². The summed E-state index contributed by atoms with van der Waals surface area (Å²) in [6.45, 7) is 0. The van der Waals surface area contributed by atoms with Gasteiger partial charge < -0.3 is 14.5 Å². The Morgan fingerprint density at radius 2 is 2.29 bits per heavy atom. The standard InChI is InChI=1S/C16H16ClNO3/c1-20-16(19)10-5-6-12(17)14(9-10)18-13-3-2-4-15-11(13)7-8-21-15/h5-9,13,18H,2-4H2,1H3. The van der Waals surface area contributed by atoms with Crippen molar-refractivity contribution in [2.75, 3.05) is 12.4 Å². The molecule has 1 aromatic carbocycles. The van der Waals surface area contributed by atoms with E-state index in [-0.39, 0.29) is 12.0 Å². The lowest BCUT2D eigenvalue weighted by Gasteiger charge is -2.24. The van der Waals surface area contributed by atoms with Gasteiger partial charge in [-0.05, 0) is 37.1 Å². The number of esters is 1. The molecule has 21 heavy (non-hydrogen) atoms. The highest BCUT2D eigenvalue weighted by atomic mass is 35.5. The van der Waals surface area contributed by atoms with Crippen LogP contribution in [0.15, 0.2) is 34.9 Å². The highest BCUT2D eigenvalue weighted by molar-refractivity contribution is 6.33. The SMILES string of the molecule is COC(=O)c1ccc(Cl)c(NC2CCCc3occc32)c1. The van der Waals surface area contributed by atoms with Crippen molar-refractivity contribution in [3.05, 3.63) is 52.4 Å². The van der Waals surface area contributed by atoms with Crippen LogP contribution in [0.25, 0.3) is 0 Å². The van der Waals surface area contributed by atoms with E-state index in [1.165, 1.54) is 12.7 Å². The summed E-state index contributed by atoms with van der Waals surface area (Å²) in [5, 5.41) is 3.99. The Kier molecular flexibility index (Phi) is 3.88. The van der Waals surface area contributed by atoms with E-state index in [0.717, 1.165) is 30.7 Å². The molecule has 0 aliphatic heterocycles. The molecule has 1 unspecified atom stereocenters. The summed E-state index contributed by atoms with van der Waals surface area (Å²) < 4.78 is 10.2. The molecule has 1 N–H and O–H groups in total. The molecular weight excluding hydrogens is 290 g/mol. The number of carbonyl (C=O) groups is 1. The fraction of sp³-hybridized carbons (Fsp3) is 0.312. The minimum absolute atomic E-state index is 0.151. The molecule has 0 spiro atoms. The molecule has 110 valence electrons. The number of anilines is 1. The third-order valence-electron chi connectivity index (χ3n) is 3.77. The number of aryl methyl sites for hydroxylation is 1. The normalized spacial score (nSPS) is 17.1. The van der Waals surface area contributed by atoms with E-state index in [1.807, 2.05) is 6.07 Å². The van der Waals surface area contributed by atoms with Gasteiger partial charge in [0.05, 0.1) is 35.7 Å². The van der Waals surface area contributed by atoms with Crippen LogP contribution in [0.4, 0.5) is 5.69 Å². The number of ether oxygens (including phenoxy) is 1. The largest absolute Gasteiger partial charge is 0.469 e. The van der Waals surface area contributed by atoms with Crippen LogP contribution in [0.2, 0.25) is 5.02 Å². The van der Waals surface area contributed by atoms with E-state index in [4.69, 9.17) is 20.8 Å². The number of halogens is 1. The second kappa shape index (κ2) is 5.82. The molecule has 1 atom stereocenters. The fourth-order valence-electron chi connectivity index (χ4n) is 2.70. The van der Waals surface area contributed by atoms with Gasteiger partial charge in [-0.15, -0.1) is 0 Å². The zero-order valence-corrected chi connectivity index (χ0v) is 12.4. The monoisotopic (exact) mass is 305 g/mol. The average Bonchev–Trinajstić information content (AvgIpc) is 2.98. The molecule has 0 saturated heterocycles. The number of furan rings is 1. The molecule has 1 aromatic heterocycles. The van der Waals surface area contributed by atoms with Gasteiger partial charge in [-0.3, -0.25) is 0 Å². The molecule has 2 aromatic rings. The number of hydrogen-bond acceptors (Lipinski definition) is 4. The van der Waals surface area contributed by atoms with Gasteiger partial charge in [0.2, 0.25) is 0 Å². The predicted octanol–water partition coefficient (Wildman–Crippen LogP) is 4.21. The Morgan fingerprint density at radius 1 is 1.43 bits per heavy atom. The van der Waals surface area contributed by atoms with Crippen LogP contribution in [0.3, 0.4) is 0 Å². The molecule has 1 heterocycles. The van der Waals surface area contributed by atoms with Gasteiger partial charge in [0.15, 0.2) is 0 Å². The van der Waals surface area contributed by atoms with Gasteiger partial charge in [-0.2, -0.15) is 0 Å². The Labute approximate surface area is 128 Å². The van der Waals surface area contributed by atoms with Crippen molar-refractivity contribution in [1.29, 1.82) is 0 Å². The zero-order chi connectivity index (χ0) is 14.8. The molecule has 5 heteroatoms. The summed E-state index contributed by atoms with van der Waals surface area (Å²) >= 11 is 6.23. The van der Waals surface area contributed by atoms with Gasteiger partial charge in [0.1, 0.15) is 5.76 Å². The first-order chi connectivity index (χ1) is 10.2. The molecule has 4 nitrogen and oxygen atoms in total. The van der Waals surface area contributed by atoms with Gasteiger partial charge >= 0.3 is 5.97 Å². The van der Waals surface area contributed by atoms with Crippen molar-refractivity contribution in [3.63, 3.8) is 0 Å². The van der Waals surface area contributed by atoms with E-state index >= 15 is 0 Å². The molecule has 0 amide bonds.